The van der Waals surface area contributed by atoms with Crippen molar-refractivity contribution in [1.29, 1.82) is 0 Å². The van der Waals surface area contributed by atoms with Crippen LogP contribution in [0.1, 0.15) is 85.0 Å². The Bertz CT molecular complexity index is 311. The van der Waals surface area contributed by atoms with Crippen molar-refractivity contribution in [3.05, 3.63) is 0 Å². The quantitative estimate of drug-likeness (QED) is 0.242. The van der Waals surface area contributed by atoms with Gasteiger partial charge in [0.25, 0.3) is 0 Å². The lowest BCUT2D eigenvalue weighted by Gasteiger charge is -2.35. The molecule has 0 aliphatic rings. The minimum atomic E-state index is -3.76. The molecule has 0 amide bonds. The van der Waals surface area contributed by atoms with E-state index in [2.05, 4.69) is 20.8 Å². The van der Waals surface area contributed by atoms with Gasteiger partial charge < -0.3 is 26.7 Å². The number of hydrogen-bond acceptors (Lipinski definition) is 1. The van der Waals surface area contributed by atoms with Crippen LogP contribution in [0.25, 0.3) is 0 Å². The fraction of sp³-hybridized carbons (Fsp3) is 1.00. The first-order chi connectivity index (χ1) is 10.9. The maximum absolute atomic E-state index is 10.7. The molecule has 0 unspecified atom stereocenters. The molecule has 6 heteroatoms. The summed E-state index contributed by atoms with van der Waals surface area (Å²) >= 11 is 0. The molecule has 0 heterocycles. The Morgan fingerprint density at radius 2 is 1.00 bits per heavy atom. The van der Waals surface area contributed by atoms with Gasteiger partial charge in [-0.2, -0.15) is 0 Å². The summed E-state index contributed by atoms with van der Waals surface area (Å²) in [6, 6.07) is 0. The van der Waals surface area contributed by atoms with Crippen molar-refractivity contribution in [2.24, 2.45) is 0 Å². The van der Waals surface area contributed by atoms with Gasteiger partial charge in [-0.05, 0) is 40.0 Å². The van der Waals surface area contributed by atoms with Crippen LogP contribution in [0.4, 0.5) is 0 Å². The van der Waals surface area contributed by atoms with E-state index in [-0.39, 0.29) is 18.6 Å². The molecule has 0 fully saturated rings. The van der Waals surface area contributed by atoms with Crippen LogP contribution in [0.5, 0.6) is 0 Å². The van der Waals surface area contributed by atoms with E-state index in [0.717, 1.165) is 12.8 Å². The maximum Gasteiger partial charge on any atom is 0.325 e. The summed E-state index contributed by atoms with van der Waals surface area (Å²) in [5, 5.41) is 0. The molecule has 0 aromatic heterocycles. The van der Waals surface area contributed by atoms with Gasteiger partial charge in [-0.3, -0.25) is 4.57 Å². The summed E-state index contributed by atoms with van der Waals surface area (Å²) in [5.41, 5.74) is 0. The molecule has 0 atom stereocenters. The van der Waals surface area contributed by atoms with Crippen LogP contribution in [0.2, 0.25) is 0 Å². The normalized spacial score (nSPS) is 12.2. The zero-order chi connectivity index (χ0) is 17.6. The topological polar surface area (TPSA) is 57.5 Å². The lowest BCUT2D eigenvalue weighted by Crippen LogP contribution is -3.00. The third-order valence-corrected chi connectivity index (χ3v) is 6.24. The highest BCUT2D eigenvalue weighted by atomic mass is 35.5. The average molecular weight is 386 g/mol. The third kappa shape index (κ3) is 14.7. The second-order valence-electron chi connectivity index (χ2n) is 6.94. The van der Waals surface area contributed by atoms with Gasteiger partial charge in [-0.1, -0.05) is 44.9 Å². The van der Waals surface area contributed by atoms with Crippen LogP contribution in [-0.4, -0.2) is 46.6 Å². The molecule has 0 spiro atoms. The third-order valence-electron chi connectivity index (χ3n) is 5.34. The Balaban J connectivity index is 0. The Kier molecular flexibility index (Phi) is 17.4. The van der Waals surface area contributed by atoms with E-state index < -0.39 is 7.60 Å². The van der Waals surface area contributed by atoms with Gasteiger partial charge in [-0.25, -0.2) is 0 Å². The van der Waals surface area contributed by atoms with Crippen LogP contribution in [0, 0.1) is 0 Å². The molecule has 148 valence electrons. The van der Waals surface area contributed by atoms with E-state index in [1.807, 2.05) is 0 Å². The number of nitrogens with zero attached hydrogens (tertiary/aromatic N) is 1. The lowest BCUT2D eigenvalue weighted by molar-refractivity contribution is -0.923. The fourth-order valence-corrected chi connectivity index (χ4v) is 3.96. The molecule has 24 heavy (non-hydrogen) atoms. The van der Waals surface area contributed by atoms with E-state index in [1.165, 1.54) is 75.6 Å². The summed E-state index contributed by atoms with van der Waals surface area (Å²) < 4.78 is 12.0. The SMILES string of the molecule is CC[N+](CC)(CC)CCCCCCCCCCCCP(=O)(O)O.[Cl-]. The number of quaternary nitrogens is 1. The molecule has 0 aromatic rings. The summed E-state index contributed by atoms with van der Waals surface area (Å²) in [4.78, 5) is 17.5. The summed E-state index contributed by atoms with van der Waals surface area (Å²) in [6.07, 6.45) is 12.0. The van der Waals surface area contributed by atoms with Crippen molar-refractivity contribution in [2.45, 2.75) is 85.0 Å². The molecule has 0 aliphatic carbocycles. The zero-order valence-electron chi connectivity index (χ0n) is 16.2. The molecule has 0 saturated heterocycles. The van der Waals surface area contributed by atoms with Gasteiger partial charge in [0, 0.05) is 6.16 Å². The molecule has 4 nitrogen and oxygen atoms in total. The number of halogens is 1. The molecule has 0 aliphatic heterocycles. The highest BCUT2D eigenvalue weighted by Gasteiger charge is 2.19. The van der Waals surface area contributed by atoms with Crippen LogP contribution >= 0.6 is 7.60 Å². The zero-order valence-corrected chi connectivity index (χ0v) is 17.8. The summed E-state index contributed by atoms with van der Waals surface area (Å²) in [6.45, 7) is 12.1. The molecule has 2 N–H and O–H groups in total. The van der Waals surface area contributed by atoms with Crippen molar-refractivity contribution in [3.8, 4) is 0 Å². The molecule has 0 bridgehead atoms. The van der Waals surface area contributed by atoms with E-state index in [4.69, 9.17) is 9.79 Å². The van der Waals surface area contributed by atoms with Gasteiger partial charge in [0.1, 0.15) is 0 Å². The molecular formula is C18H41ClNO3P. The van der Waals surface area contributed by atoms with Crippen LogP contribution < -0.4 is 12.4 Å². The van der Waals surface area contributed by atoms with Gasteiger partial charge in [0.05, 0.1) is 26.2 Å². The van der Waals surface area contributed by atoms with Gasteiger partial charge in [0.15, 0.2) is 0 Å². The predicted molar refractivity (Wildman–Crippen MR) is 99.8 cm³/mol. The van der Waals surface area contributed by atoms with E-state index >= 15 is 0 Å². The van der Waals surface area contributed by atoms with Crippen LogP contribution in [0.15, 0.2) is 0 Å². The maximum atomic E-state index is 10.7. The molecular weight excluding hydrogens is 345 g/mol. The Labute approximate surface area is 156 Å². The van der Waals surface area contributed by atoms with E-state index in [0.29, 0.717) is 6.42 Å². The van der Waals surface area contributed by atoms with Crippen LogP contribution in [-0.2, 0) is 4.57 Å². The summed E-state index contributed by atoms with van der Waals surface area (Å²) in [7, 11) is -3.76. The highest BCUT2D eigenvalue weighted by molar-refractivity contribution is 7.51. The highest BCUT2D eigenvalue weighted by Crippen LogP contribution is 2.35. The largest absolute Gasteiger partial charge is 1.00 e. The van der Waals surface area contributed by atoms with Gasteiger partial charge >= 0.3 is 7.60 Å². The van der Waals surface area contributed by atoms with Crippen molar-refractivity contribution < 1.29 is 31.2 Å². The Morgan fingerprint density at radius 3 is 1.33 bits per heavy atom. The average Bonchev–Trinajstić information content (AvgIpc) is 2.52. The van der Waals surface area contributed by atoms with Crippen molar-refractivity contribution in [2.75, 3.05) is 32.3 Å². The van der Waals surface area contributed by atoms with E-state index in [9.17, 15) is 4.57 Å². The fourth-order valence-electron chi connectivity index (χ4n) is 3.32. The van der Waals surface area contributed by atoms with Crippen LogP contribution in [0.3, 0.4) is 0 Å². The molecule has 0 rings (SSSR count). The molecule has 0 aromatic carbocycles. The van der Waals surface area contributed by atoms with Crippen molar-refractivity contribution >= 4 is 7.60 Å². The number of rotatable bonds is 16. The summed E-state index contributed by atoms with van der Waals surface area (Å²) in [5.74, 6) is 0. The molecule has 0 radical (unpaired) electrons. The predicted octanol–water partition coefficient (Wildman–Crippen LogP) is 1.95. The first-order valence-corrected chi connectivity index (χ1v) is 11.6. The number of unbranched alkanes of at least 4 members (excludes halogenated alkanes) is 9. The second-order valence-corrected chi connectivity index (χ2v) is 8.71. The Morgan fingerprint density at radius 1 is 0.667 bits per heavy atom. The first-order valence-electron chi connectivity index (χ1n) is 9.79. The number of hydrogen-bond donors (Lipinski definition) is 2. The van der Waals surface area contributed by atoms with Crippen molar-refractivity contribution in [1.82, 2.24) is 0 Å². The molecule has 0 saturated carbocycles. The van der Waals surface area contributed by atoms with Crippen molar-refractivity contribution in [3.63, 3.8) is 0 Å². The lowest BCUT2D eigenvalue weighted by atomic mass is 10.1. The standard InChI is InChI=1S/C18H40NO3P.ClH/c1-4-19(5-2,6-3)17-15-13-11-9-7-8-10-12-14-16-18-23(20,21)22;/h4-18H2,1-3H3,(H-,20,21,22);1H. The first kappa shape index (κ1) is 26.6. The van der Waals surface area contributed by atoms with Gasteiger partial charge in [0.2, 0.25) is 0 Å². The smallest absolute Gasteiger partial charge is 0.325 e. The minimum absolute atomic E-state index is 0. The second kappa shape index (κ2) is 15.6. The monoisotopic (exact) mass is 385 g/mol. The van der Waals surface area contributed by atoms with E-state index in [1.54, 1.807) is 0 Å². The van der Waals surface area contributed by atoms with Gasteiger partial charge in [-0.15, -0.1) is 0 Å². The Hall–Kier alpha value is 0.400. The minimum Gasteiger partial charge on any atom is -1.00 e.